The van der Waals surface area contributed by atoms with Gasteiger partial charge in [0.15, 0.2) is 0 Å². The second kappa shape index (κ2) is 7.46. The Bertz CT molecular complexity index is 105. The summed E-state index contributed by atoms with van der Waals surface area (Å²) in [6.45, 7) is 1.91. The summed E-state index contributed by atoms with van der Waals surface area (Å²) in [4.78, 5) is 10.5. The minimum atomic E-state index is -1.04. The van der Waals surface area contributed by atoms with E-state index in [1.54, 1.807) is 0 Å². The summed E-state index contributed by atoms with van der Waals surface area (Å²) in [5.41, 5.74) is 0. The van der Waals surface area contributed by atoms with Gasteiger partial charge in [-0.1, -0.05) is 0 Å². The number of methoxy groups -OCH3 is 1. The molecule has 0 aromatic rings. The molecule has 0 radical (unpaired) electrons. The molecule has 1 atom stereocenters. The molecule has 0 rings (SSSR count). The van der Waals surface area contributed by atoms with Crippen molar-refractivity contribution in [3.05, 3.63) is 0 Å². The molecule has 0 heterocycles. The van der Waals surface area contributed by atoms with E-state index in [0.717, 1.165) is 0 Å². The van der Waals surface area contributed by atoms with Gasteiger partial charge in [-0.25, -0.2) is 4.79 Å². The van der Waals surface area contributed by atoms with Gasteiger partial charge in [-0.05, 0) is 6.92 Å². The van der Waals surface area contributed by atoms with Crippen LogP contribution in [0.15, 0.2) is 0 Å². The molecule has 0 amide bonds. The zero-order valence-electron chi connectivity index (χ0n) is 6.87. The molecule has 0 bridgehead atoms. The van der Waals surface area contributed by atoms with Crippen molar-refractivity contribution in [1.82, 2.24) is 6.15 Å². The first-order valence-corrected chi connectivity index (χ1v) is 3.02. The van der Waals surface area contributed by atoms with Crippen molar-refractivity contribution >= 4 is 5.97 Å². The van der Waals surface area contributed by atoms with Crippen molar-refractivity contribution in [1.29, 1.82) is 0 Å². The third kappa shape index (κ3) is 7.24. The third-order valence-corrected chi connectivity index (χ3v) is 0.873. The molecule has 0 saturated carbocycles. The average Bonchev–Trinajstić information content (AvgIpc) is 1.88. The fraction of sp³-hybridized carbons (Fsp3) is 0.833. The van der Waals surface area contributed by atoms with Crippen molar-refractivity contribution in [2.24, 2.45) is 0 Å². The van der Waals surface area contributed by atoms with Crippen LogP contribution in [-0.2, 0) is 14.3 Å². The Morgan fingerprint density at radius 2 is 2.09 bits per heavy atom. The Morgan fingerprint density at radius 3 is 2.45 bits per heavy atom. The van der Waals surface area contributed by atoms with Gasteiger partial charge in [-0.3, -0.25) is 0 Å². The van der Waals surface area contributed by atoms with E-state index in [0.29, 0.717) is 6.61 Å². The van der Waals surface area contributed by atoms with Crippen LogP contribution in [0.25, 0.3) is 0 Å². The van der Waals surface area contributed by atoms with Gasteiger partial charge >= 0.3 is 5.97 Å². The van der Waals surface area contributed by atoms with E-state index < -0.39 is 12.1 Å². The van der Waals surface area contributed by atoms with Gasteiger partial charge in [0.25, 0.3) is 0 Å². The maximum absolute atomic E-state index is 10.5. The average molecular weight is 165 g/mol. The summed E-state index contributed by atoms with van der Waals surface area (Å²) in [7, 11) is 1.51. The van der Waals surface area contributed by atoms with Gasteiger partial charge in [0.2, 0.25) is 0 Å². The van der Waals surface area contributed by atoms with Crippen LogP contribution in [0.4, 0.5) is 0 Å². The maximum Gasteiger partial charge on any atom is 0.334 e. The topological polar surface area (TPSA) is 90.8 Å². The predicted molar refractivity (Wildman–Crippen MR) is 39.5 cm³/mol. The number of hydrogen-bond acceptors (Lipinski definition) is 5. The van der Waals surface area contributed by atoms with Gasteiger partial charge in [0, 0.05) is 7.11 Å². The number of hydrogen-bond donors (Lipinski definition) is 2. The first kappa shape index (κ1) is 13.0. The van der Waals surface area contributed by atoms with Crippen LogP contribution in [0.3, 0.4) is 0 Å². The van der Waals surface area contributed by atoms with E-state index in [1.807, 2.05) is 0 Å². The minimum absolute atomic E-state index is 0. The molecule has 0 fully saturated rings. The van der Waals surface area contributed by atoms with Crippen LogP contribution in [0.5, 0.6) is 0 Å². The molecule has 0 aromatic carbocycles. The van der Waals surface area contributed by atoms with E-state index in [2.05, 4.69) is 9.47 Å². The van der Waals surface area contributed by atoms with E-state index in [9.17, 15) is 4.79 Å². The first-order chi connectivity index (χ1) is 4.68. The zero-order valence-corrected chi connectivity index (χ0v) is 6.87. The summed E-state index contributed by atoms with van der Waals surface area (Å²) in [5.74, 6) is -0.614. The number of rotatable bonds is 4. The van der Waals surface area contributed by atoms with Crippen molar-refractivity contribution in [2.45, 2.75) is 13.0 Å². The Balaban J connectivity index is 0. The summed E-state index contributed by atoms with van der Waals surface area (Å²) >= 11 is 0. The number of aliphatic hydroxyl groups is 1. The highest BCUT2D eigenvalue weighted by molar-refractivity contribution is 5.73. The fourth-order valence-electron chi connectivity index (χ4n) is 0.346. The Kier molecular flexibility index (Phi) is 8.80. The molecular weight excluding hydrogens is 150 g/mol. The molecule has 5 heteroatoms. The van der Waals surface area contributed by atoms with Gasteiger partial charge in [-0.2, -0.15) is 0 Å². The van der Waals surface area contributed by atoms with Crippen LogP contribution in [-0.4, -0.2) is 37.5 Å². The highest BCUT2D eigenvalue weighted by Gasteiger charge is 2.08. The lowest BCUT2D eigenvalue weighted by atomic mass is 10.4. The third-order valence-electron chi connectivity index (χ3n) is 0.873. The molecule has 0 saturated heterocycles. The molecular formula is C6H15NO4. The second-order valence-electron chi connectivity index (χ2n) is 1.84. The second-order valence-corrected chi connectivity index (χ2v) is 1.84. The molecule has 0 aliphatic rings. The molecule has 1 unspecified atom stereocenters. The van der Waals surface area contributed by atoms with E-state index in [-0.39, 0.29) is 12.8 Å². The van der Waals surface area contributed by atoms with Crippen molar-refractivity contribution < 1.29 is 19.4 Å². The standard InChI is InChI=1S/C6H12O4.H3N/c1-5(7)6(8)10-4-3-9-2;/h5,7H,3-4H2,1-2H3;1H3. The van der Waals surface area contributed by atoms with E-state index in [1.165, 1.54) is 14.0 Å². The van der Waals surface area contributed by atoms with Gasteiger partial charge < -0.3 is 20.7 Å². The Hall–Kier alpha value is -0.650. The maximum atomic E-state index is 10.5. The molecule has 0 aliphatic heterocycles. The van der Waals surface area contributed by atoms with Crippen LogP contribution in [0.2, 0.25) is 0 Å². The van der Waals surface area contributed by atoms with Crippen LogP contribution < -0.4 is 6.15 Å². The summed E-state index contributed by atoms with van der Waals surface area (Å²) in [6, 6.07) is 0. The van der Waals surface area contributed by atoms with Crippen LogP contribution in [0, 0.1) is 0 Å². The molecule has 11 heavy (non-hydrogen) atoms. The normalized spacial score (nSPS) is 11.5. The van der Waals surface area contributed by atoms with Crippen molar-refractivity contribution in [2.75, 3.05) is 20.3 Å². The van der Waals surface area contributed by atoms with Crippen LogP contribution in [0.1, 0.15) is 6.92 Å². The Morgan fingerprint density at radius 1 is 1.55 bits per heavy atom. The number of ether oxygens (including phenoxy) is 2. The molecule has 5 nitrogen and oxygen atoms in total. The Labute approximate surface area is 65.9 Å². The lowest BCUT2D eigenvalue weighted by molar-refractivity contribution is -0.153. The first-order valence-electron chi connectivity index (χ1n) is 3.02. The smallest absolute Gasteiger partial charge is 0.334 e. The van der Waals surface area contributed by atoms with Crippen molar-refractivity contribution in [3.8, 4) is 0 Å². The van der Waals surface area contributed by atoms with E-state index >= 15 is 0 Å². The number of aliphatic hydroxyl groups excluding tert-OH is 1. The lowest BCUT2D eigenvalue weighted by Gasteiger charge is -2.04. The number of carbonyl (C=O) groups excluding carboxylic acids is 1. The van der Waals surface area contributed by atoms with Gasteiger partial charge in [0.05, 0.1) is 6.61 Å². The van der Waals surface area contributed by atoms with Crippen LogP contribution >= 0.6 is 0 Å². The highest BCUT2D eigenvalue weighted by atomic mass is 16.6. The summed E-state index contributed by atoms with van der Waals surface area (Å²) < 4.78 is 9.14. The largest absolute Gasteiger partial charge is 0.461 e. The quantitative estimate of drug-likeness (QED) is 0.441. The molecule has 4 N–H and O–H groups in total. The number of carbonyl (C=O) groups is 1. The van der Waals surface area contributed by atoms with E-state index in [4.69, 9.17) is 5.11 Å². The molecule has 0 aliphatic carbocycles. The van der Waals surface area contributed by atoms with Gasteiger partial charge in [0.1, 0.15) is 12.7 Å². The minimum Gasteiger partial charge on any atom is -0.461 e. The van der Waals surface area contributed by atoms with Gasteiger partial charge in [-0.15, -0.1) is 0 Å². The monoisotopic (exact) mass is 165 g/mol. The van der Waals surface area contributed by atoms with Crippen molar-refractivity contribution in [3.63, 3.8) is 0 Å². The summed E-state index contributed by atoms with van der Waals surface area (Å²) in [6.07, 6.45) is -1.04. The zero-order chi connectivity index (χ0) is 7.98. The SMILES string of the molecule is COCCOC(=O)C(C)O.N. The molecule has 68 valence electrons. The predicted octanol–water partition coefficient (Wildman–Crippen LogP) is -0.281. The summed E-state index contributed by atoms with van der Waals surface area (Å²) in [5, 5.41) is 8.60. The fourth-order valence-corrected chi connectivity index (χ4v) is 0.346. The lowest BCUT2D eigenvalue weighted by Crippen LogP contribution is -2.21. The number of esters is 1. The highest BCUT2D eigenvalue weighted by Crippen LogP contribution is 1.85. The molecule has 0 aromatic heterocycles. The molecule has 0 spiro atoms.